The molecule has 5 rings (SSSR count). The minimum atomic E-state index is -0.378. The van der Waals surface area contributed by atoms with Gasteiger partial charge in [0.05, 0.1) is 12.1 Å². The highest BCUT2D eigenvalue weighted by molar-refractivity contribution is 5.81. The Morgan fingerprint density at radius 3 is 2.37 bits per heavy atom. The van der Waals surface area contributed by atoms with Crippen molar-refractivity contribution in [2.75, 3.05) is 46.3 Å². The molecule has 0 radical (unpaired) electrons. The van der Waals surface area contributed by atoms with Gasteiger partial charge in [-0.1, -0.05) is 24.3 Å². The van der Waals surface area contributed by atoms with Crippen LogP contribution in [0.4, 0.5) is 0 Å². The van der Waals surface area contributed by atoms with Gasteiger partial charge in [-0.2, -0.15) is 0 Å². The number of hydrogen-bond acceptors (Lipinski definition) is 4. The third-order valence-electron chi connectivity index (χ3n) is 7.51. The van der Waals surface area contributed by atoms with Gasteiger partial charge in [-0.3, -0.25) is 9.69 Å². The second-order valence-corrected chi connectivity index (χ2v) is 9.07. The zero-order valence-electron chi connectivity index (χ0n) is 16.3. The van der Waals surface area contributed by atoms with Gasteiger partial charge in [0, 0.05) is 50.6 Å². The summed E-state index contributed by atoms with van der Waals surface area (Å²) in [4.78, 5) is 19.4. The maximum atomic E-state index is 12.5. The Morgan fingerprint density at radius 2 is 1.70 bits per heavy atom. The molecule has 2 atom stereocenters. The molecule has 2 heterocycles. The van der Waals surface area contributed by atoms with Crippen molar-refractivity contribution in [3.05, 3.63) is 35.4 Å². The second-order valence-electron chi connectivity index (χ2n) is 9.07. The van der Waals surface area contributed by atoms with Crippen LogP contribution in [-0.2, 0) is 10.2 Å². The van der Waals surface area contributed by atoms with Gasteiger partial charge in [-0.15, -0.1) is 0 Å². The van der Waals surface area contributed by atoms with E-state index in [2.05, 4.69) is 46.0 Å². The monoisotopic (exact) mass is 369 g/mol. The molecule has 27 heavy (non-hydrogen) atoms. The van der Waals surface area contributed by atoms with Gasteiger partial charge in [0.25, 0.3) is 0 Å². The normalized spacial score (nSPS) is 31.3. The maximum absolute atomic E-state index is 12.5. The fraction of sp³-hybridized carbons (Fsp3) is 0.682. The molecule has 1 saturated carbocycles. The lowest BCUT2D eigenvalue weighted by molar-refractivity contribution is -0.135. The molecule has 2 saturated heterocycles. The number of benzene rings is 1. The van der Waals surface area contributed by atoms with Crippen LogP contribution in [0.2, 0.25) is 0 Å². The number of likely N-dealkylation sites (tertiary alicyclic amines) is 1. The molecule has 4 aliphatic rings. The van der Waals surface area contributed by atoms with Crippen molar-refractivity contribution >= 4 is 5.91 Å². The molecule has 1 spiro atoms. The van der Waals surface area contributed by atoms with Crippen molar-refractivity contribution in [3.63, 3.8) is 0 Å². The fourth-order valence-corrected chi connectivity index (χ4v) is 5.62. The van der Waals surface area contributed by atoms with Crippen molar-refractivity contribution < 1.29 is 9.90 Å². The predicted octanol–water partition coefficient (Wildman–Crippen LogP) is 1.62. The van der Waals surface area contributed by atoms with Crippen molar-refractivity contribution in [1.82, 2.24) is 14.7 Å². The number of rotatable bonds is 2. The highest BCUT2D eigenvalue weighted by atomic mass is 16.3. The number of piperazine rings is 1. The SMILES string of the molecule is CN1CCN([C@@H]2c3ccccc3C3(CCN(C(=O)C4CC4)CC3)[C@H]2O)CC1. The van der Waals surface area contributed by atoms with Crippen LogP contribution in [0.5, 0.6) is 0 Å². The molecule has 0 bridgehead atoms. The third-order valence-corrected chi connectivity index (χ3v) is 7.51. The Hall–Kier alpha value is -1.43. The standard InChI is InChI=1S/C22H31N3O2/c1-23-12-14-24(15-13-23)19-17-4-2-3-5-18(17)22(20(19)26)8-10-25(11-9-22)21(27)16-6-7-16/h2-5,16,19-20,26H,6-15H2,1H3/t19-,20+/m1/s1. The number of amides is 1. The summed E-state index contributed by atoms with van der Waals surface area (Å²) in [5, 5.41) is 11.6. The van der Waals surface area contributed by atoms with Crippen LogP contribution in [0.25, 0.3) is 0 Å². The summed E-state index contributed by atoms with van der Waals surface area (Å²) in [6.45, 7) is 5.71. The summed E-state index contributed by atoms with van der Waals surface area (Å²) in [7, 11) is 2.17. The maximum Gasteiger partial charge on any atom is 0.225 e. The average Bonchev–Trinajstić information content (AvgIpc) is 3.52. The van der Waals surface area contributed by atoms with E-state index < -0.39 is 0 Å². The first kappa shape index (κ1) is 17.7. The van der Waals surface area contributed by atoms with E-state index in [1.165, 1.54) is 11.1 Å². The van der Waals surface area contributed by atoms with Crippen molar-refractivity contribution in [2.24, 2.45) is 5.92 Å². The minimum absolute atomic E-state index is 0.0978. The van der Waals surface area contributed by atoms with Gasteiger partial charge in [-0.05, 0) is 43.9 Å². The molecule has 5 nitrogen and oxygen atoms in total. The second kappa shape index (κ2) is 6.57. The largest absolute Gasteiger partial charge is 0.390 e. The van der Waals surface area contributed by atoms with Crippen LogP contribution in [0.1, 0.15) is 42.9 Å². The first-order valence-electron chi connectivity index (χ1n) is 10.6. The number of piperidine rings is 1. The Bertz CT molecular complexity index is 716. The first-order valence-corrected chi connectivity index (χ1v) is 10.6. The number of aliphatic hydroxyl groups excluding tert-OH is 1. The van der Waals surface area contributed by atoms with Crippen LogP contribution in [0.3, 0.4) is 0 Å². The Labute approximate surface area is 161 Å². The fourth-order valence-electron chi connectivity index (χ4n) is 5.62. The molecular weight excluding hydrogens is 338 g/mol. The van der Waals surface area contributed by atoms with E-state index in [1.807, 2.05) is 0 Å². The molecular formula is C22H31N3O2. The lowest BCUT2D eigenvalue weighted by Crippen LogP contribution is -2.53. The molecule has 1 amide bonds. The Balaban J connectivity index is 1.41. The van der Waals surface area contributed by atoms with Crippen LogP contribution < -0.4 is 0 Å². The molecule has 2 aliphatic carbocycles. The Morgan fingerprint density at radius 1 is 1.04 bits per heavy atom. The van der Waals surface area contributed by atoms with Crippen LogP contribution in [0.15, 0.2) is 24.3 Å². The summed E-state index contributed by atoms with van der Waals surface area (Å²) < 4.78 is 0. The van der Waals surface area contributed by atoms with E-state index in [4.69, 9.17) is 0 Å². The Kier molecular flexibility index (Phi) is 4.30. The number of carbonyl (C=O) groups is 1. The average molecular weight is 370 g/mol. The van der Waals surface area contributed by atoms with Crippen LogP contribution in [0, 0.1) is 5.92 Å². The summed E-state index contributed by atoms with van der Waals surface area (Å²) in [6, 6.07) is 8.77. The lowest BCUT2D eigenvalue weighted by Gasteiger charge is -2.45. The summed E-state index contributed by atoms with van der Waals surface area (Å²) in [6.07, 6.45) is 3.52. The predicted molar refractivity (Wildman–Crippen MR) is 104 cm³/mol. The number of carbonyl (C=O) groups excluding carboxylic acids is 1. The molecule has 5 heteroatoms. The van der Waals surface area contributed by atoms with Gasteiger partial charge < -0.3 is 14.9 Å². The molecule has 0 aromatic heterocycles. The van der Waals surface area contributed by atoms with Crippen LogP contribution in [-0.4, -0.2) is 78.1 Å². The zero-order valence-corrected chi connectivity index (χ0v) is 16.3. The third kappa shape index (κ3) is 2.82. The van der Waals surface area contributed by atoms with E-state index in [1.54, 1.807) is 0 Å². The molecule has 0 unspecified atom stereocenters. The molecule has 1 N–H and O–H groups in total. The smallest absolute Gasteiger partial charge is 0.225 e. The van der Waals surface area contributed by atoms with Crippen molar-refractivity contribution in [3.8, 4) is 0 Å². The number of hydrogen-bond donors (Lipinski definition) is 1. The highest BCUT2D eigenvalue weighted by Gasteiger charge is 2.54. The van der Waals surface area contributed by atoms with Crippen molar-refractivity contribution in [1.29, 1.82) is 0 Å². The zero-order chi connectivity index (χ0) is 18.6. The van der Waals surface area contributed by atoms with E-state index >= 15 is 0 Å². The number of aliphatic hydroxyl groups is 1. The molecule has 3 fully saturated rings. The minimum Gasteiger partial charge on any atom is -0.390 e. The summed E-state index contributed by atoms with van der Waals surface area (Å²) in [5.41, 5.74) is 2.46. The number of fused-ring (bicyclic) bond motifs is 2. The van der Waals surface area contributed by atoms with Crippen molar-refractivity contribution in [2.45, 2.75) is 43.2 Å². The van der Waals surface area contributed by atoms with E-state index in [-0.39, 0.29) is 23.5 Å². The van der Waals surface area contributed by atoms with Gasteiger partial charge in [0.15, 0.2) is 0 Å². The van der Waals surface area contributed by atoms with E-state index in [0.717, 1.165) is 65.0 Å². The molecule has 2 aliphatic heterocycles. The first-order chi connectivity index (χ1) is 13.1. The topological polar surface area (TPSA) is 47.0 Å². The highest BCUT2D eigenvalue weighted by Crippen LogP contribution is 2.53. The van der Waals surface area contributed by atoms with Gasteiger partial charge in [0.1, 0.15) is 0 Å². The van der Waals surface area contributed by atoms with E-state index in [0.29, 0.717) is 5.91 Å². The number of nitrogens with zero attached hydrogens (tertiary/aromatic N) is 3. The quantitative estimate of drug-likeness (QED) is 0.861. The van der Waals surface area contributed by atoms with Gasteiger partial charge in [0.2, 0.25) is 5.91 Å². The number of likely N-dealkylation sites (N-methyl/N-ethyl adjacent to an activating group) is 1. The van der Waals surface area contributed by atoms with Gasteiger partial charge >= 0.3 is 0 Å². The van der Waals surface area contributed by atoms with Crippen LogP contribution >= 0.6 is 0 Å². The van der Waals surface area contributed by atoms with Gasteiger partial charge in [-0.25, -0.2) is 0 Å². The lowest BCUT2D eigenvalue weighted by atomic mass is 9.72. The summed E-state index contributed by atoms with van der Waals surface area (Å²) in [5.74, 6) is 0.638. The summed E-state index contributed by atoms with van der Waals surface area (Å²) >= 11 is 0. The van der Waals surface area contributed by atoms with E-state index in [9.17, 15) is 9.90 Å². The molecule has 146 valence electrons. The molecule has 1 aromatic rings. The molecule has 1 aromatic carbocycles.